The number of carbonyl (C=O) groups is 1. The Labute approximate surface area is 255 Å². The molecule has 3 rings (SSSR count). The van der Waals surface area contributed by atoms with Crippen molar-refractivity contribution < 1.29 is 19.0 Å². The second-order valence-electron chi connectivity index (χ2n) is 11.6. The summed E-state index contributed by atoms with van der Waals surface area (Å²) in [6, 6.07) is 14.6. The van der Waals surface area contributed by atoms with Gasteiger partial charge in [-0.3, -0.25) is 0 Å². The molecule has 0 amide bonds. The third-order valence-electron chi connectivity index (χ3n) is 8.10. The number of unbranched alkanes of at least 4 members (excludes halogenated alkanes) is 15. The summed E-state index contributed by atoms with van der Waals surface area (Å²) in [7, 11) is 1.38. The molecule has 0 saturated carbocycles. The van der Waals surface area contributed by atoms with Gasteiger partial charge in [0.25, 0.3) is 0 Å². The fourth-order valence-electron chi connectivity index (χ4n) is 5.64. The number of methoxy groups -OCH3 is 1. The zero-order chi connectivity index (χ0) is 29.7. The van der Waals surface area contributed by atoms with Crippen LogP contribution in [0.2, 0.25) is 0 Å². The van der Waals surface area contributed by atoms with Crippen molar-refractivity contribution in [3.8, 4) is 16.9 Å². The predicted molar refractivity (Wildman–Crippen MR) is 176 cm³/mol. The second kappa shape index (κ2) is 20.8. The number of hydrogen-bond donors (Lipinski definition) is 0. The van der Waals surface area contributed by atoms with Gasteiger partial charge in [-0.15, -0.1) is 0 Å². The van der Waals surface area contributed by atoms with Gasteiger partial charge in [-0.1, -0.05) is 140 Å². The number of rotatable bonds is 22. The van der Waals surface area contributed by atoms with Crippen LogP contribution in [0, 0.1) is 0 Å². The van der Waals surface area contributed by atoms with Gasteiger partial charge < -0.3 is 14.2 Å². The van der Waals surface area contributed by atoms with Gasteiger partial charge in [0.1, 0.15) is 18.1 Å². The maximum absolute atomic E-state index is 12.0. The molecule has 0 atom stereocenters. The fraction of sp³-hybridized carbons (Fsp3) is 0.553. The van der Waals surface area contributed by atoms with E-state index in [2.05, 4.69) is 31.2 Å². The van der Waals surface area contributed by atoms with E-state index in [-0.39, 0.29) is 6.61 Å². The van der Waals surface area contributed by atoms with Crippen LogP contribution in [-0.4, -0.2) is 26.3 Å². The van der Waals surface area contributed by atoms with Crippen molar-refractivity contribution in [1.29, 1.82) is 0 Å². The number of benzene rings is 2. The molecule has 0 fully saturated rings. The molecule has 4 heteroatoms. The van der Waals surface area contributed by atoms with Crippen LogP contribution in [0.15, 0.2) is 60.7 Å². The number of aryl methyl sites for hydroxylation is 1. The molecule has 0 unspecified atom stereocenters. The Bertz CT molecular complexity index is 1090. The first-order valence-electron chi connectivity index (χ1n) is 16.6. The molecule has 0 aliphatic carbocycles. The third-order valence-corrected chi connectivity index (χ3v) is 8.10. The lowest BCUT2D eigenvalue weighted by Gasteiger charge is -2.20. The maximum Gasteiger partial charge on any atom is 0.343 e. The SMILES string of the molecule is CCCCCCCCCCCCCCCCCCc1cc(C2=CC=CCO2)c(OCC(=O)OC)c(-c2ccccc2)c1. The topological polar surface area (TPSA) is 44.8 Å². The molecular formula is C38H54O4. The summed E-state index contributed by atoms with van der Waals surface area (Å²) >= 11 is 0. The molecule has 230 valence electrons. The van der Waals surface area contributed by atoms with Crippen molar-refractivity contribution in [2.45, 2.75) is 116 Å². The number of allylic oxidation sites excluding steroid dienone is 2. The zero-order valence-corrected chi connectivity index (χ0v) is 26.3. The van der Waals surface area contributed by atoms with Gasteiger partial charge in [0, 0.05) is 5.56 Å². The summed E-state index contributed by atoms with van der Waals surface area (Å²) in [5, 5.41) is 0. The van der Waals surface area contributed by atoms with Crippen molar-refractivity contribution in [1.82, 2.24) is 0 Å². The van der Waals surface area contributed by atoms with Gasteiger partial charge in [-0.2, -0.15) is 0 Å². The summed E-state index contributed by atoms with van der Waals surface area (Å²) in [6.07, 6.45) is 28.9. The lowest BCUT2D eigenvalue weighted by Crippen LogP contribution is -2.14. The smallest absolute Gasteiger partial charge is 0.343 e. The van der Waals surface area contributed by atoms with Gasteiger partial charge in [0.15, 0.2) is 6.61 Å². The van der Waals surface area contributed by atoms with Crippen molar-refractivity contribution in [3.05, 3.63) is 71.8 Å². The summed E-state index contributed by atoms with van der Waals surface area (Å²) in [5.74, 6) is 1.02. The highest BCUT2D eigenvalue weighted by Gasteiger charge is 2.20. The van der Waals surface area contributed by atoms with Crippen molar-refractivity contribution in [2.75, 3.05) is 20.3 Å². The van der Waals surface area contributed by atoms with E-state index >= 15 is 0 Å². The largest absolute Gasteiger partial charge is 0.489 e. The molecule has 1 heterocycles. The van der Waals surface area contributed by atoms with Crippen LogP contribution in [-0.2, 0) is 20.7 Å². The Balaban J connectivity index is 1.48. The standard InChI is InChI=1S/C38H54O4/c1-3-4-5-6-7-8-9-10-11-12-13-14-15-16-17-19-24-32-29-34(33-25-20-18-21-26-33)38(42-31-37(39)40-2)35(30-32)36-27-22-23-28-41-36/h18,20-23,25-27,29-30H,3-17,19,24,28,31H2,1-2H3. The maximum atomic E-state index is 12.0. The minimum absolute atomic E-state index is 0.148. The molecule has 0 N–H and O–H groups in total. The normalized spacial score (nSPS) is 12.6. The molecule has 2 aromatic carbocycles. The number of hydrogen-bond acceptors (Lipinski definition) is 4. The third kappa shape index (κ3) is 12.5. The molecule has 0 spiro atoms. The summed E-state index contributed by atoms with van der Waals surface area (Å²) in [4.78, 5) is 12.0. The molecule has 1 aliphatic rings. The lowest BCUT2D eigenvalue weighted by molar-refractivity contribution is -0.142. The Morgan fingerprint density at radius 3 is 1.88 bits per heavy atom. The molecule has 0 saturated heterocycles. The number of esters is 1. The molecule has 42 heavy (non-hydrogen) atoms. The zero-order valence-electron chi connectivity index (χ0n) is 26.3. The van der Waals surface area contributed by atoms with Gasteiger partial charge in [-0.05, 0) is 48.3 Å². The van der Waals surface area contributed by atoms with Crippen LogP contribution in [0.3, 0.4) is 0 Å². The van der Waals surface area contributed by atoms with Gasteiger partial charge >= 0.3 is 5.97 Å². The van der Waals surface area contributed by atoms with Crippen molar-refractivity contribution in [3.63, 3.8) is 0 Å². The first-order chi connectivity index (χ1) is 20.7. The van der Waals surface area contributed by atoms with Crippen LogP contribution >= 0.6 is 0 Å². The molecular weight excluding hydrogens is 520 g/mol. The minimum Gasteiger partial charge on any atom is -0.489 e. The molecule has 4 nitrogen and oxygen atoms in total. The Morgan fingerprint density at radius 1 is 0.762 bits per heavy atom. The minimum atomic E-state index is -0.407. The van der Waals surface area contributed by atoms with E-state index in [1.165, 1.54) is 109 Å². The van der Waals surface area contributed by atoms with Gasteiger partial charge in [-0.25, -0.2) is 4.79 Å². The van der Waals surface area contributed by atoms with E-state index in [0.717, 1.165) is 35.3 Å². The Kier molecular flexibility index (Phi) is 16.6. The Hall–Kier alpha value is -3.01. The van der Waals surface area contributed by atoms with E-state index in [4.69, 9.17) is 14.2 Å². The number of ether oxygens (including phenoxy) is 3. The van der Waals surface area contributed by atoms with E-state index < -0.39 is 5.97 Å². The highest BCUT2D eigenvalue weighted by Crippen LogP contribution is 2.39. The number of carbonyl (C=O) groups excluding carboxylic acids is 1. The van der Waals surface area contributed by atoms with Gasteiger partial charge in [0.05, 0.1) is 12.7 Å². The fourth-order valence-corrected chi connectivity index (χ4v) is 5.64. The van der Waals surface area contributed by atoms with Crippen molar-refractivity contribution >= 4 is 11.7 Å². The van der Waals surface area contributed by atoms with Crippen LogP contribution in [0.5, 0.6) is 5.75 Å². The molecule has 0 radical (unpaired) electrons. The van der Waals surface area contributed by atoms with E-state index in [0.29, 0.717) is 12.4 Å². The molecule has 0 aromatic heterocycles. The lowest BCUT2D eigenvalue weighted by atomic mass is 9.94. The van der Waals surface area contributed by atoms with E-state index in [1.54, 1.807) is 0 Å². The van der Waals surface area contributed by atoms with Crippen LogP contribution in [0.4, 0.5) is 0 Å². The van der Waals surface area contributed by atoms with Gasteiger partial charge in [0.2, 0.25) is 0 Å². The quantitative estimate of drug-likeness (QED) is 0.104. The summed E-state index contributed by atoms with van der Waals surface area (Å²) < 4.78 is 16.9. The molecule has 2 aromatic rings. The first-order valence-corrected chi connectivity index (χ1v) is 16.6. The average Bonchev–Trinajstić information content (AvgIpc) is 3.04. The molecule has 1 aliphatic heterocycles. The van der Waals surface area contributed by atoms with Crippen LogP contribution in [0.1, 0.15) is 121 Å². The van der Waals surface area contributed by atoms with E-state index in [9.17, 15) is 4.79 Å². The van der Waals surface area contributed by atoms with Crippen molar-refractivity contribution in [2.24, 2.45) is 0 Å². The highest BCUT2D eigenvalue weighted by molar-refractivity contribution is 5.81. The Morgan fingerprint density at radius 2 is 1.33 bits per heavy atom. The second-order valence-corrected chi connectivity index (χ2v) is 11.6. The predicted octanol–water partition coefficient (Wildman–Crippen LogP) is 10.6. The first kappa shape index (κ1) is 33.5. The van der Waals surface area contributed by atoms with Crippen LogP contribution < -0.4 is 4.74 Å². The summed E-state index contributed by atoms with van der Waals surface area (Å²) in [5.41, 5.74) is 4.18. The van der Waals surface area contributed by atoms with E-state index in [1.807, 2.05) is 36.4 Å². The molecule has 0 bridgehead atoms. The van der Waals surface area contributed by atoms with Crippen LogP contribution in [0.25, 0.3) is 16.9 Å². The summed E-state index contributed by atoms with van der Waals surface area (Å²) in [6.45, 7) is 2.66. The average molecular weight is 575 g/mol. The monoisotopic (exact) mass is 574 g/mol. The highest BCUT2D eigenvalue weighted by atomic mass is 16.6.